The fourth-order valence-corrected chi connectivity index (χ4v) is 4.36. The van der Waals surface area contributed by atoms with Gasteiger partial charge in [0.2, 0.25) is 0 Å². The Morgan fingerprint density at radius 3 is 2.28 bits per heavy atom. The summed E-state index contributed by atoms with van der Waals surface area (Å²) in [5.74, 6) is 3.92. The van der Waals surface area contributed by atoms with Crippen molar-refractivity contribution < 1.29 is 31.0 Å². The molecule has 0 spiro atoms. The predicted octanol–water partition coefficient (Wildman–Crippen LogP) is 2.96. The summed E-state index contributed by atoms with van der Waals surface area (Å²) in [6.07, 6.45) is 6.99. The van der Waals surface area contributed by atoms with Crippen molar-refractivity contribution in [2.24, 2.45) is 0 Å². The molecule has 32 heavy (non-hydrogen) atoms. The quantitative estimate of drug-likeness (QED) is 0.402. The zero-order valence-corrected chi connectivity index (χ0v) is 19.8. The van der Waals surface area contributed by atoms with Gasteiger partial charge in [-0.2, -0.15) is 4.57 Å². The summed E-state index contributed by atoms with van der Waals surface area (Å²) in [6, 6.07) is 26.5. The van der Waals surface area contributed by atoms with Crippen molar-refractivity contribution in [3.05, 3.63) is 90.9 Å². The van der Waals surface area contributed by atoms with Gasteiger partial charge in [0.1, 0.15) is 17.7 Å². The minimum atomic E-state index is 0. The van der Waals surface area contributed by atoms with Crippen LogP contribution in [0.1, 0.15) is 25.1 Å². The van der Waals surface area contributed by atoms with Crippen LogP contribution in [0.2, 0.25) is 0 Å². The van der Waals surface area contributed by atoms with Crippen molar-refractivity contribution >= 4 is 0 Å². The number of halogens is 1. The Hall–Kier alpha value is -3.05. The summed E-state index contributed by atoms with van der Waals surface area (Å²) < 4.78 is 16.4. The van der Waals surface area contributed by atoms with Gasteiger partial charge in [-0.3, -0.25) is 0 Å². The van der Waals surface area contributed by atoms with Crippen LogP contribution in [-0.4, -0.2) is 11.7 Å². The number of benzene rings is 3. The molecule has 1 aromatic heterocycles. The minimum absolute atomic E-state index is 0. The van der Waals surface area contributed by atoms with Crippen LogP contribution in [0, 0.1) is 0 Å². The molecule has 2 heterocycles. The van der Waals surface area contributed by atoms with Crippen molar-refractivity contribution in [3.63, 3.8) is 0 Å². The summed E-state index contributed by atoms with van der Waals surface area (Å²) in [6.45, 7) is 1.04. The van der Waals surface area contributed by atoms with Crippen molar-refractivity contribution in [3.8, 4) is 34.2 Å². The summed E-state index contributed by atoms with van der Waals surface area (Å²) in [7, 11) is 1.74. The first-order chi connectivity index (χ1) is 15.3. The maximum Gasteiger partial charge on any atom is 0.262 e. The lowest BCUT2D eigenvalue weighted by Gasteiger charge is -2.07. The van der Waals surface area contributed by atoms with E-state index in [0.717, 1.165) is 35.9 Å². The number of imidazole rings is 1. The van der Waals surface area contributed by atoms with Gasteiger partial charge in [-0.15, -0.1) is 0 Å². The largest absolute Gasteiger partial charge is 1.00 e. The third-order valence-electron chi connectivity index (χ3n) is 5.89. The Bertz CT molecular complexity index is 1170. The zero-order valence-electron chi connectivity index (χ0n) is 18.2. The number of aromatic nitrogens is 2. The second-order valence-electron chi connectivity index (χ2n) is 7.87. The van der Waals surface area contributed by atoms with E-state index in [1.165, 1.54) is 36.3 Å². The van der Waals surface area contributed by atoms with E-state index in [0.29, 0.717) is 0 Å². The van der Waals surface area contributed by atoms with Gasteiger partial charge in [0.25, 0.3) is 5.82 Å². The van der Waals surface area contributed by atoms with E-state index in [2.05, 4.69) is 39.6 Å². The lowest BCUT2D eigenvalue weighted by Crippen LogP contribution is -3.00. The molecule has 5 rings (SSSR count). The minimum Gasteiger partial charge on any atom is -1.00 e. The normalized spacial score (nSPS) is 12.9. The first kappa shape index (κ1) is 22.2. The standard InChI is InChI=1S/C27H27N2O2.BrH/c1-30-26-13-8-7-12-24(26)29-20-25(28-19-9-3-6-14-27(28)29)21-15-17-23(18-16-21)31-22-10-4-2-5-11-22;/h2,4-5,7-8,10-13,15-18,20H,3,6,9,14,19H2,1H3;1H/q+1;/p-1. The molecular weight excluding hydrogens is 464 g/mol. The zero-order chi connectivity index (χ0) is 21.0. The van der Waals surface area contributed by atoms with E-state index in [1.54, 1.807) is 7.11 Å². The highest BCUT2D eigenvalue weighted by molar-refractivity contribution is 5.60. The number of para-hydroxylation sites is 3. The molecule has 0 fully saturated rings. The molecule has 0 atom stereocenters. The van der Waals surface area contributed by atoms with Crippen LogP contribution in [-0.2, 0) is 13.0 Å². The maximum absolute atomic E-state index is 5.98. The molecule has 3 aromatic carbocycles. The molecular formula is C27H27BrN2O2. The molecule has 0 unspecified atom stereocenters. The summed E-state index contributed by atoms with van der Waals surface area (Å²) in [5.41, 5.74) is 3.51. The first-order valence-electron chi connectivity index (χ1n) is 10.9. The predicted molar refractivity (Wildman–Crippen MR) is 122 cm³/mol. The van der Waals surface area contributed by atoms with Crippen LogP contribution >= 0.6 is 0 Å². The smallest absolute Gasteiger partial charge is 0.262 e. The monoisotopic (exact) mass is 490 g/mol. The van der Waals surface area contributed by atoms with E-state index in [-0.39, 0.29) is 17.0 Å². The second-order valence-corrected chi connectivity index (χ2v) is 7.87. The molecule has 0 amide bonds. The van der Waals surface area contributed by atoms with Crippen LogP contribution in [0.15, 0.2) is 85.1 Å². The summed E-state index contributed by atoms with van der Waals surface area (Å²) in [4.78, 5) is 0. The Morgan fingerprint density at radius 2 is 1.50 bits per heavy atom. The van der Waals surface area contributed by atoms with Crippen LogP contribution in [0.3, 0.4) is 0 Å². The molecule has 0 saturated carbocycles. The van der Waals surface area contributed by atoms with Gasteiger partial charge < -0.3 is 26.5 Å². The van der Waals surface area contributed by atoms with Gasteiger partial charge in [-0.25, -0.2) is 4.57 Å². The number of ether oxygens (including phenoxy) is 2. The van der Waals surface area contributed by atoms with Gasteiger partial charge in [0.15, 0.2) is 17.1 Å². The third kappa shape index (κ3) is 4.44. The van der Waals surface area contributed by atoms with Crippen LogP contribution in [0.25, 0.3) is 16.9 Å². The van der Waals surface area contributed by atoms with Gasteiger partial charge in [-0.1, -0.05) is 30.3 Å². The first-order valence-corrected chi connectivity index (χ1v) is 10.9. The van der Waals surface area contributed by atoms with E-state index in [4.69, 9.17) is 9.47 Å². The number of hydrogen-bond donors (Lipinski definition) is 0. The Balaban J connectivity index is 0.00000245. The van der Waals surface area contributed by atoms with Crippen LogP contribution in [0.4, 0.5) is 0 Å². The SMILES string of the molecule is COc1ccccc1-[n+]1cc(-c2ccc(Oc3ccccc3)cc2)n2c1CCCCC2.[Br-]. The van der Waals surface area contributed by atoms with Gasteiger partial charge in [0, 0.05) is 12.0 Å². The maximum atomic E-state index is 5.98. The second kappa shape index (κ2) is 10.0. The molecule has 4 nitrogen and oxygen atoms in total. The molecule has 0 radical (unpaired) electrons. The molecule has 0 N–H and O–H groups in total. The molecule has 0 saturated heterocycles. The van der Waals surface area contributed by atoms with Crippen molar-refractivity contribution in [2.75, 3.05) is 7.11 Å². The fraction of sp³-hybridized carbons (Fsp3) is 0.222. The average Bonchev–Trinajstić information content (AvgIpc) is 3.00. The molecule has 4 aromatic rings. The average molecular weight is 491 g/mol. The van der Waals surface area contributed by atoms with Crippen LogP contribution in [0.5, 0.6) is 17.2 Å². The lowest BCUT2D eigenvalue weighted by atomic mass is 10.1. The molecule has 1 aliphatic heterocycles. The number of hydrogen-bond acceptors (Lipinski definition) is 2. The van der Waals surface area contributed by atoms with Gasteiger partial charge in [0.05, 0.1) is 13.7 Å². The van der Waals surface area contributed by atoms with E-state index in [9.17, 15) is 0 Å². The topological polar surface area (TPSA) is 27.3 Å². The summed E-state index contributed by atoms with van der Waals surface area (Å²) >= 11 is 0. The number of rotatable bonds is 5. The Kier molecular flexibility index (Phi) is 6.96. The highest BCUT2D eigenvalue weighted by atomic mass is 79.9. The van der Waals surface area contributed by atoms with E-state index >= 15 is 0 Å². The van der Waals surface area contributed by atoms with Crippen molar-refractivity contribution in [1.82, 2.24) is 4.57 Å². The number of fused-ring (bicyclic) bond motifs is 1. The number of nitrogens with zero attached hydrogens (tertiary/aromatic N) is 2. The van der Waals surface area contributed by atoms with E-state index in [1.807, 2.05) is 54.6 Å². The lowest BCUT2D eigenvalue weighted by molar-refractivity contribution is -0.604. The van der Waals surface area contributed by atoms with Gasteiger partial charge in [-0.05, 0) is 67.8 Å². The highest BCUT2D eigenvalue weighted by Gasteiger charge is 2.28. The fourth-order valence-electron chi connectivity index (χ4n) is 4.36. The molecule has 164 valence electrons. The molecule has 0 aliphatic carbocycles. The van der Waals surface area contributed by atoms with Crippen LogP contribution < -0.4 is 31.0 Å². The molecule has 0 bridgehead atoms. The molecule has 1 aliphatic rings. The Labute approximate surface area is 199 Å². The Morgan fingerprint density at radius 1 is 0.781 bits per heavy atom. The highest BCUT2D eigenvalue weighted by Crippen LogP contribution is 2.29. The van der Waals surface area contributed by atoms with E-state index < -0.39 is 0 Å². The third-order valence-corrected chi connectivity index (χ3v) is 5.89. The number of methoxy groups -OCH3 is 1. The summed E-state index contributed by atoms with van der Waals surface area (Å²) in [5, 5.41) is 0. The van der Waals surface area contributed by atoms with Crippen molar-refractivity contribution in [2.45, 2.75) is 32.2 Å². The van der Waals surface area contributed by atoms with Gasteiger partial charge >= 0.3 is 0 Å². The van der Waals surface area contributed by atoms with Crippen molar-refractivity contribution in [1.29, 1.82) is 0 Å². The molecule has 5 heteroatoms.